The Bertz CT molecular complexity index is 1390. The number of carbonyl (C=O) groups excluding carboxylic acids is 2. The first-order valence-electron chi connectivity index (χ1n) is 17.0. The van der Waals surface area contributed by atoms with E-state index >= 15 is 0 Å². The molecule has 1 aromatic rings. The molecule has 1 saturated carbocycles. The van der Waals surface area contributed by atoms with E-state index in [2.05, 4.69) is 23.2 Å². The van der Waals surface area contributed by atoms with Crippen LogP contribution in [0.15, 0.2) is 29.8 Å². The lowest BCUT2D eigenvalue weighted by atomic mass is 9.55. The van der Waals surface area contributed by atoms with E-state index in [9.17, 15) is 19.8 Å². The molecule has 1 aromatic carbocycles. The lowest BCUT2D eigenvalue weighted by Gasteiger charge is -2.56. The maximum Gasteiger partial charge on any atom is 0.323 e. The van der Waals surface area contributed by atoms with E-state index in [0.29, 0.717) is 16.3 Å². The van der Waals surface area contributed by atoms with Gasteiger partial charge in [-0.3, -0.25) is 24.8 Å². The fourth-order valence-corrected chi connectivity index (χ4v) is 9.37. The number of ether oxygens (including phenoxy) is 3. The van der Waals surface area contributed by atoms with E-state index in [0.717, 1.165) is 50.9 Å². The van der Waals surface area contributed by atoms with Gasteiger partial charge in [-0.1, -0.05) is 43.7 Å². The summed E-state index contributed by atoms with van der Waals surface area (Å²) in [6.07, 6.45) is 3.03. The highest BCUT2D eigenvalue weighted by atomic mass is 35.5. The van der Waals surface area contributed by atoms with Gasteiger partial charge in [-0.05, 0) is 68.5 Å². The van der Waals surface area contributed by atoms with Crippen LogP contribution in [-0.2, 0) is 34.2 Å². The number of anilines is 1. The molecule has 0 amide bonds. The highest BCUT2D eigenvalue weighted by Gasteiger charge is 2.62. The first kappa shape index (κ1) is 34.6. The third-order valence-corrected chi connectivity index (χ3v) is 11.9. The molecule has 3 N–H and O–H groups in total. The quantitative estimate of drug-likeness (QED) is 0.290. The Morgan fingerprint density at radius 3 is 2.70 bits per heavy atom. The number of halogens is 1. The van der Waals surface area contributed by atoms with Crippen molar-refractivity contribution in [3.05, 3.63) is 40.4 Å². The van der Waals surface area contributed by atoms with Gasteiger partial charge >= 0.3 is 11.9 Å². The number of methoxy groups -OCH3 is 1. The van der Waals surface area contributed by atoms with Gasteiger partial charge in [0.15, 0.2) is 18.4 Å². The molecule has 2 saturated heterocycles. The topological polar surface area (TPSA) is 130 Å². The second kappa shape index (κ2) is 13.2. The van der Waals surface area contributed by atoms with E-state index in [1.807, 2.05) is 13.8 Å². The van der Waals surface area contributed by atoms with E-state index < -0.39 is 47.6 Å². The molecule has 11 nitrogen and oxygen atoms in total. The Kier molecular flexibility index (Phi) is 9.74. The van der Waals surface area contributed by atoms with Crippen LogP contribution in [0, 0.1) is 23.7 Å². The van der Waals surface area contributed by atoms with Crippen molar-refractivity contribution in [2.45, 2.75) is 102 Å². The zero-order valence-electron chi connectivity index (χ0n) is 28.3. The lowest BCUT2D eigenvalue weighted by molar-refractivity contribution is -0.225. The van der Waals surface area contributed by atoms with Crippen molar-refractivity contribution < 1.29 is 38.9 Å². The average molecular weight is 676 g/mol. The predicted molar refractivity (Wildman–Crippen MR) is 175 cm³/mol. The van der Waals surface area contributed by atoms with Gasteiger partial charge < -0.3 is 29.3 Å². The van der Waals surface area contributed by atoms with Gasteiger partial charge in [0, 0.05) is 52.1 Å². The van der Waals surface area contributed by atoms with Crippen LogP contribution in [0.3, 0.4) is 0 Å². The third kappa shape index (κ3) is 6.11. The zero-order chi connectivity index (χ0) is 33.8. The maximum atomic E-state index is 14.1. The lowest BCUT2D eigenvalue weighted by Crippen LogP contribution is -2.66. The van der Waals surface area contributed by atoms with Crippen LogP contribution in [0.4, 0.5) is 5.69 Å². The Morgan fingerprint density at radius 1 is 1.21 bits per heavy atom. The smallest absolute Gasteiger partial charge is 0.323 e. The molecule has 6 rings (SSSR count). The fourth-order valence-electron chi connectivity index (χ4n) is 9.07. The molecule has 3 heterocycles. The summed E-state index contributed by atoms with van der Waals surface area (Å²) in [6.45, 7) is 10.2. The third-order valence-electron chi connectivity index (χ3n) is 11.6. The van der Waals surface area contributed by atoms with Gasteiger partial charge in [0.25, 0.3) is 0 Å². The molecule has 260 valence electrons. The van der Waals surface area contributed by atoms with Gasteiger partial charge in [-0.25, -0.2) is 0 Å². The van der Waals surface area contributed by atoms with Crippen LogP contribution < -0.4 is 10.4 Å². The zero-order valence-corrected chi connectivity index (χ0v) is 29.0. The van der Waals surface area contributed by atoms with Crippen molar-refractivity contribution in [3.8, 4) is 0 Å². The minimum Gasteiger partial charge on any atom is -0.454 e. The number of hydrogen-bond donors (Lipinski definition) is 3. The average Bonchev–Trinajstić information content (AvgIpc) is 3.37. The number of piperidine rings is 1. The number of nitrogens with zero attached hydrogens (tertiary/aromatic N) is 2. The minimum absolute atomic E-state index is 0.0349. The highest BCUT2D eigenvalue weighted by Crippen LogP contribution is 2.53. The highest BCUT2D eigenvalue weighted by molar-refractivity contribution is 6.33. The molecule has 2 aliphatic carbocycles. The van der Waals surface area contributed by atoms with Crippen molar-refractivity contribution in [2.24, 2.45) is 23.7 Å². The maximum absolute atomic E-state index is 14.1. The van der Waals surface area contributed by atoms with Crippen molar-refractivity contribution in [3.63, 3.8) is 0 Å². The number of hydroxylamine groups is 1. The monoisotopic (exact) mass is 675 g/mol. The van der Waals surface area contributed by atoms with Gasteiger partial charge in [-0.2, -0.15) is 0 Å². The SMILES string of the molecule is CO[C@@H]1CCCN(CC(C)[C@@H]2CC[C@@H](C)[C@@]3(O)[C@@H]2C=C(C)[C@@H](OC(C)=O)[C@@H]3OC(=O)[C@@H]2C[C@@]3(O)c4cccc(Cl)c4N(C)O[C@H]3N2)C1. The van der Waals surface area contributed by atoms with Crippen LogP contribution in [-0.4, -0.2) is 97.0 Å². The number of rotatable bonds is 7. The molecule has 0 bridgehead atoms. The van der Waals surface area contributed by atoms with Crippen molar-refractivity contribution >= 4 is 29.2 Å². The van der Waals surface area contributed by atoms with Gasteiger partial charge in [-0.15, -0.1) is 0 Å². The molecule has 11 atom stereocenters. The predicted octanol–water partition coefficient (Wildman–Crippen LogP) is 3.54. The Labute approximate surface area is 282 Å². The van der Waals surface area contributed by atoms with Crippen molar-refractivity contribution in [1.29, 1.82) is 0 Å². The molecule has 1 unspecified atom stereocenters. The number of esters is 2. The van der Waals surface area contributed by atoms with Gasteiger partial charge in [0.2, 0.25) is 0 Å². The van der Waals surface area contributed by atoms with Gasteiger partial charge in [0.05, 0.1) is 16.8 Å². The van der Waals surface area contributed by atoms with Crippen LogP contribution in [0.5, 0.6) is 0 Å². The standard InChI is InChI=1S/C35H50ClN3O8/c1-19-15-26-24(20(2)17-39-14-8-9-23(18-39)44-6)13-12-21(3)35(26,43)31(30(19)45-22(4)40)46-32(41)28-16-34(42)25-10-7-11-27(36)29(25)38(5)47-33(34)37-28/h7,10-11,15,20-21,23-24,26,28,30-31,33,37,42-43H,8-9,12-14,16-18H2,1-6H3/t20?,21-,23-,24+,26-,28+,30-,31+,33-,34-,35-/m1/s1. The summed E-state index contributed by atoms with van der Waals surface area (Å²) in [5.41, 5.74) is -1.22. The summed E-state index contributed by atoms with van der Waals surface area (Å²) in [5.74, 6) is -1.38. The van der Waals surface area contributed by atoms with Gasteiger partial charge in [0.1, 0.15) is 17.2 Å². The summed E-state index contributed by atoms with van der Waals surface area (Å²) >= 11 is 6.46. The summed E-state index contributed by atoms with van der Waals surface area (Å²) < 4.78 is 17.7. The molecule has 0 radical (unpaired) electrons. The Hall–Kier alpha value is -2.25. The van der Waals surface area contributed by atoms with E-state index in [4.69, 9.17) is 30.6 Å². The Balaban J connectivity index is 1.27. The molecule has 3 aliphatic heterocycles. The number of benzene rings is 1. The van der Waals surface area contributed by atoms with Crippen LogP contribution >= 0.6 is 11.6 Å². The van der Waals surface area contributed by atoms with E-state index in [1.54, 1.807) is 32.4 Å². The number of aliphatic hydroxyl groups is 2. The number of para-hydroxylation sites is 1. The van der Waals surface area contributed by atoms with Crippen LogP contribution in [0.1, 0.15) is 65.4 Å². The summed E-state index contributed by atoms with van der Waals surface area (Å²) in [7, 11) is 3.46. The number of fused-ring (bicyclic) bond motifs is 4. The largest absolute Gasteiger partial charge is 0.454 e. The Morgan fingerprint density at radius 2 is 1.98 bits per heavy atom. The molecule has 5 aliphatic rings. The molecule has 3 fully saturated rings. The summed E-state index contributed by atoms with van der Waals surface area (Å²) in [5, 5.41) is 29.7. The normalized spacial score (nSPS) is 39.3. The molecule has 12 heteroatoms. The number of carbonyl (C=O) groups is 2. The molecular weight excluding hydrogens is 626 g/mol. The molecule has 0 aromatic heterocycles. The number of nitrogens with one attached hydrogen (secondary N) is 1. The molecule has 0 spiro atoms. The van der Waals surface area contributed by atoms with E-state index in [1.165, 1.54) is 12.0 Å². The summed E-state index contributed by atoms with van der Waals surface area (Å²) in [6, 6.07) is 4.27. The van der Waals surface area contributed by atoms with Crippen molar-refractivity contribution in [1.82, 2.24) is 10.2 Å². The first-order chi connectivity index (χ1) is 22.3. The second-order valence-corrected chi connectivity index (χ2v) is 15.0. The number of likely N-dealkylation sites (tertiary alicyclic amines) is 1. The second-order valence-electron chi connectivity index (χ2n) is 14.6. The van der Waals surface area contributed by atoms with E-state index in [-0.39, 0.29) is 36.2 Å². The van der Waals surface area contributed by atoms with Crippen molar-refractivity contribution in [2.75, 3.05) is 38.9 Å². The summed E-state index contributed by atoms with van der Waals surface area (Å²) in [4.78, 5) is 34.9. The molecule has 47 heavy (non-hydrogen) atoms. The van der Waals surface area contributed by atoms with Crippen LogP contribution in [0.25, 0.3) is 0 Å². The minimum atomic E-state index is -1.55. The molecular formula is C35H50ClN3O8. The van der Waals surface area contributed by atoms with Crippen LogP contribution in [0.2, 0.25) is 5.02 Å². The number of hydrogen-bond acceptors (Lipinski definition) is 11. The fraction of sp³-hybridized carbons (Fsp3) is 0.714. The first-order valence-corrected chi connectivity index (χ1v) is 17.4.